The normalized spacial score (nSPS) is 16.7. The van der Waals surface area contributed by atoms with Gasteiger partial charge in [0.05, 0.1) is 0 Å². The summed E-state index contributed by atoms with van der Waals surface area (Å²) in [5.74, 6) is -0.347. The van der Waals surface area contributed by atoms with Gasteiger partial charge in [-0.2, -0.15) is 0 Å². The molecular formula is C11H20N2O2. The summed E-state index contributed by atoms with van der Waals surface area (Å²) in [7, 11) is 0. The first-order chi connectivity index (χ1) is 7.08. The van der Waals surface area contributed by atoms with E-state index in [1.165, 1.54) is 12.8 Å². The van der Waals surface area contributed by atoms with Crippen molar-refractivity contribution in [3.63, 3.8) is 0 Å². The third-order valence-corrected chi connectivity index (χ3v) is 2.49. The minimum atomic E-state index is -0.194. The molecule has 0 spiro atoms. The molecule has 0 atom stereocenters. The Bertz CT molecular complexity index is 233. The summed E-state index contributed by atoms with van der Waals surface area (Å²) in [4.78, 5) is 22.7. The van der Waals surface area contributed by atoms with Crippen molar-refractivity contribution in [2.75, 3.05) is 0 Å². The van der Waals surface area contributed by atoms with Crippen molar-refractivity contribution in [2.45, 2.75) is 58.0 Å². The SMILES string of the molecule is CC(C)NC(=O)CC(=O)NC1CCCC1. The van der Waals surface area contributed by atoms with Gasteiger partial charge in [-0.3, -0.25) is 9.59 Å². The molecule has 1 aliphatic rings. The van der Waals surface area contributed by atoms with Crippen molar-refractivity contribution in [2.24, 2.45) is 0 Å². The van der Waals surface area contributed by atoms with E-state index in [0.29, 0.717) is 6.04 Å². The lowest BCUT2D eigenvalue weighted by atomic mass is 10.2. The Balaban J connectivity index is 2.19. The number of carbonyl (C=O) groups excluding carboxylic acids is 2. The maximum atomic E-state index is 11.4. The van der Waals surface area contributed by atoms with Gasteiger partial charge in [0, 0.05) is 12.1 Å². The smallest absolute Gasteiger partial charge is 0.229 e. The first-order valence-electron chi connectivity index (χ1n) is 5.66. The maximum absolute atomic E-state index is 11.4. The Kier molecular flexibility index (Phi) is 4.59. The number of nitrogens with one attached hydrogen (secondary N) is 2. The van der Waals surface area contributed by atoms with Crippen LogP contribution in [0.5, 0.6) is 0 Å². The molecule has 1 aliphatic carbocycles. The molecule has 0 unspecified atom stereocenters. The Labute approximate surface area is 90.8 Å². The summed E-state index contributed by atoms with van der Waals surface area (Å²) in [6, 6.07) is 0.390. The Morgan fingerprint density at radius 2 is 1.80 bits per heavy atom. The van der Waals surface area contributed by atoms with Crippen LogP contribution in [0.25, 0.3) is 0 Å². The van der Waals surface area contributed by atoms with E-state index >= 15 is 0 Å². The van der Waals surface area contributed by atoms with E-state index in [2.05, 4.69) is 10.6 Å². The van der Waals surface area contributed by atoms with E-state index in [9.17, 15) is 9.59 Å². The third-order valence-electron chi connectivity index (χ3n) is 2.49. The number of amides is 2. The van der Waals surface area contributed by atoms with Gasteiger partial charge >= 0.3 is 0 Å². The summed E-state index contributed by atoms with van der Waals surface area (Å²) in [6.45, 7) is 3.76. The average molecular weight is 212 g/mol. The van der Waals surface area contributed by atoms with Crippen molar-refractivity contribution in [3.05, 3.63) is 0 Å². The first kappa shape index (κ1) is 12.0. The van der Waals surface area contributed by atoms with Gasteiger partial charge in [0.25, 0.3) is 0 Å². The van der Waals surface area contributed by atoms with Crippen LogP contribution < -0.4 is 10.6 Å². The minimum absolute atomic E-state index is 0.0469. The molecule has 1 saturated carbocycles. The second-order valence-electron chi connectivity index (χ2n) is 4.45. The van der Waals surface area contributed by atoms with Gasteiger partial charge in [-0.25, -0.2) is 0 Å². The highest BCUT2D eigenvalue weighted by atomic mass is 16.2. The van der Waals surface area contributed by atoms with Crippen molar-refractivity contribution < 1.29 is 9.59 Å². The molecule has 0 bridgehead atoms. The number of hydrogen-bond acceptors (Lipinski definition) is 2. The molecule has 1 fully saturated rings. The van der Waals surface area contributed by atoms with E-state index in [-0.39, 0.29) is 24.3 Å². The zero-order valence-electron chi connectivity index (χ0n) is 9.51. The molecule has 0 aromatic heterocycles. The minimum Gasteiger partial charge on any atom is -0.353 e. The number of hydrogen-bond donors (Lipinski definition) is 2. The molecule has 2 amide bonds. The molecule has 0 aromatic carbocycles. The maximum Gasteiger partial charge on any atom is 0.229 e. The summed E-state index contributed by atoms with van der Waals surface area (Å²) in [5.41, 5.74) is 0. The highest BCUT2D eigenvalue weighted by Crippen LogP contribution is 2.17. The number of carbonyl (C=O) groups is 2. The van der Waals surface area contributed by atoms with Crippen LogP contribution in [-0.4, -0.2) is 23.9 Å². The summed E-state index contributed by atoms with van der Waals surface area (Å²) in [6.07, 6.45) is 4.43. The predicted molar refractivity (Wildman–Crippen MR) is 58.3 cm³/mol. The van der Waals surface area contributed by atoms with Gasteiger partial charge in [-0.15, -0.1) is 0 Å². The monoisotopic (exact) mass is 212 g/mol. The van der Waals surface area contributed by atoms with Crippen LogP contribution in [0.1, 0.15) is 46.0 Å². The van der Waals surface area contributed by atoms with Crippen LogP contribution in [0.2, 0.25) is 0 Å². The predicted octanol–water partition coefficient (Wildman–Crippen LogP) is 0.960. The first-order valence-corrected chi connectivity index (χ1v) is 5.66. The molecule has 2 N–H and O–H groups in total. The topological polar surface area (TPSA) is 58.2 Å². The number of rotatable bonds is 4. The molecule has 4 heteroatoms. The lowest BCUT2D eigenvalue weighted by molar-refractivity contribution is -0.129. The van der Waals surface area contributed by atoms with Crippen LogP contribution >= 0.6 is 0 Å². The van der Waals surface area contributed by atoms with Crippen LogP contribution in [-0.2, 0) is 9.59 Å². The van der Waals surface area contributed by atoms with Crippen molar-refractivity contribution in [1.82, 2.24) is 10.6 Å². The van der Waals surface area contributed by atoms with Crippen molar-refractivity contribution in [1.29, 1.82) is 0 Å². The molecule has 0 saturated heterocycles. The van der Waals surface area contributed by atoms with Gasteiger partial charge in [-0.05, 0) is 26.7 Å². The van der Waals surface area contributed by atoms with E-state index in [1.54, 1.807) is 0 Å². The second-order valence-corrected chi connectivity index (χ2v) is 4.45. The standard InChI is InChI=1S/C11H20N2O2/c1-8(2)12-10(14)7-11(15)13-9-5-3-4-6-9/h8-9H,3-7H2,1-2H3,(H,12,14)(H,13,15). The van der Waals surface area contributed by atoms with Gasteiger partial charge in [0.1, 0.15) is 6.42 Å². The molecule has 0 heterocycles. The van der Waals surface area contributed by atoms with Gasteiger partial charge < -0.3 is 10.6 Å². The zero-order valence-corrected chi connectivity index (χ0v) is 9.51. The molecule has 1 rings (SSSR count). The largest absolute Gasteiger partial charge is 0.353 e. The fourth-order valence-electron chi connectivity index (χ4n) is 1.87. The zero-order chi connectivity index (χ0) is 11.3. The molecule has 15 heavy (non-hydrogen) atoms. The molecule has 0 aromatic rings. The molecule has 0 radical (unpaired) electrons. The molecule has 86 valence electrons. The Morgan fingerprint density at radius 1 is 1.20 bits per heavy atom. The van der Waals surface area contributed by atoms with E-state index in [0.717, 1.165) is 12.8 Å². The van der Waals surface area contributed by atoms with Crippen molar-refractivity contribution in [3.8, 4) is 0 Å². The molecular weight excluding hydrogens is 192 g/mol. The Morgan fingerprint density at radius 3 is 2.33 bits per heavy atom. The van der Waals surface area contributed by atoms with E-state index in [1.807, 2.05) is 13.8 Å². The van der Waals surface area contributed by atoms with E-state index in [4.69, 9.17) is 0 Å². The lowest BCUT2D eigenvalue weighted by Gasteiger charge is -2.12. The third kappa shape index (κ3) is 4.81. The van der Waals surface area contributed by atoms with Crippen LogP contribution in [0.3, 0.4) is 0 Å². The van der Waals surface area contributed by atoms with Crippen LogP contribution in [0, 0.1) is 0 Å². The fraction of sp³-hybridized carbons (Fsp3) is 0.818. The highest BCUT2D eigenvalue weighted by molar-refractivity contribution is 5.97. The lowest BCUT2D eigenvalue weighted by Crippen LogP contribution is -2.38. The molecule has 4 nitrogen and oxygen atoms in total. The summed E-state index contributed by atoms with van der Waals surface area (Å²) in [5, 5.41) is 5.58. The van der Waals surface area contributed by atoms with Gasteiger partial charge in [0.15, 0.2) is 0 Å². The fourth-order valence-corrected chi connectivity index (χ4v) is 1.87. The van der Waals surface area contributed by atoms with Crippen molar-refractivity contribution >= 4 is 11.8 Å². The Hall–Kier alpha value is -1.06. The van der Waals surface area contributed by atoms with Gasteiger partial charge in [-0.1, -0.05) is 12.8 Å². The van der Waals surface area contributed by atoms with Gasteiger partial charge in [0.2, 0.25) is 11.8 Å². The summed E-state index contributed by atoms with van der Waals surface area (Å²) >= 11 is 0. The average Bonchev–Trinajstić information content (AvgIpc) is 2.53. The molecule has 0 aliphatic heterocycles. The summed E-state index contributed by atoms with van der Waals surface area (Å²) < 4.78 is 0. The van der Waals surface area contributed by atoms with Crippen LogP contribution in [0.15, 0.2) is 0 Å². The van der Waals surface area contributed by atoms with Crippen LogP contribution in [0.4, 0.5) is 0 Å². The quantitative estimate of drug-likeness (QED) is 0.682. The van der Waals surface area contributed by atoms with E-state index < -0.39 is 0 Å². The highest BCUT2D eigenvalue weighted by Gasteiger charge is 2.18. The second kappa shape index (κ2) is 5.73.